The number of benzene rings is 1. The summed E-state index contributed by atoms with van der Waals surface area (Å²) in [5, 5.41) is 23.8. The molecule has 2 rings (SSSR count). The van der Waals surface area contributed by atoms with Crippen molar-refractivity contribution in [3.05, 3.63) is 47.3 Å². The van der Waals surface area contributed by atoms with Crippen molar-refractivity contribution in [1.29, 1.82) is 0 Å². The van der Waals surface area contributed by atoms with Crippen LogP contribution in [0, 0.1) is 6.92 Å². The summed E-state index contributed by atoms with van der Waals surface area (Å²) in [6.07, 6.45) is 0.588. The van der Waals surface area contributed by atoms with Gasteiger partial charge in [0.25, 0.3) is 0 Å². The zero-order valence-electron chi connectivity index (χ0n) is 10.5. The van der Waals surface area contributed by atoms with Gasteiger partial charge in [0.2, 0.25) is 0 Å². The number of hydrogen-bond donors (Lipinski definition) is 1. The average Bonchev–Trinajstić information content (AvgIpc) is 2.39. The fourth-order valence-electron chi connectivity index (χ4n) is 2.03. The maximum Gasteiger partial charge on any atom is 0.304 e. The van der Waals surface area contributed by atoms with Crippen molar-refractivity contribution in [2.45, 2.75) is 25.7 Å². The molecule has 0 fully saturated rings. The molecular weight excluding hydrogens is 244 g/mol. The van der Waals surface area contributed by atoms with Gasteiger partial charge in [-0.1, -0.05) is 30.3 Å². The maximum absolute atomic E-state index is 11.0. The van der Waals surface area contributed by atoms with Gasteiger partial charge in [0, 0.05) is 5.92 Å². The van der Waals surface area contributed by atoms with Crippen molar-refractivity contribution < 1.29 is 9.90 Å². The summed E-state index contributed by atoms with van der Waals surface area (Å²) in [7, 11) is 0. The molecule has 0 saturated carbocycles. The molecule has 0 aliphatic rings. The summed E-state index contributed by atoms with van der Waals surface area (Å²) in [4.78, 5) is 11.0. The van der Waals surface area contributed by atoms with Crippen LogP contribution in [0.1, 0.15) is 29.3 Å². The SMILES string of the molecule is Cc1nnnnc1C(CC(=O)O)Cc1ccccc1. The molecule has 1 aromatic heterocycles. The second kappa shape index (κ2) is 5.99. The van der Waals surface area contributed by atoms with Crippen molar-refractivity contribution in [1.82, 2.24) is 20.6 Å². The third-order valence-electron chi connectivity index (χ3n) is 2.89. The molecule has 2 aromatic rings. The highest BCUT2D eigenvalue weighted by Gasteiger charge is 2.20. The summed E-state index contributed by atoms with van der Waals surface area (Å²) in [5.41, 5.74) is 2.28. The molecule has 1 heterocycles. The molecule has 6 heteroatoms. The van der Waals surface area contributed by atoms with Crippen LogP contribution in [0.2, 0.25) is 0 Å². The highest BCUT2D eigenvalue weighted by molar-refractivity contribution is 5.68. The zero-order valence-corrected chi connectivity index (χ0v) is 10.5. The first-order valence-corrected chi connectivity index (χ1v) is 5.95. The van der Waals surface area contributed by atoms with E-state index in [0.29, 0.717) is 17.8 Å². The normalized spacial score (nSPS) is 12.1. The largest absolute Gasteiger partial charge is 0.481 e. The van der Waals surface area contributed by atoms with Crippen molar-refractivity contribution in [2.24, 2.45) is 0 Å². The number of carboxylic acid groups (broad SMARTS) is 1. The van der Waals surface area contributed by atoms with Gasteiger partial charge in [-0.05, 0) is 29.3 Å². The van der Waals surface area contributed by atoms with Crippen molar-refractivity contribution in [2.75, 3.05) is 0 Å². The van der Waals surface area contributed by atoms with Crippen molar-refractivity contribution in [3.8, 4) is 0 Å². The highest BCUT2D eigenvalue weighted by Crippen LogP contribution is 2.23. The summed E-state index contributed by atoms with van der Waals surface area (Å²) in [6, 6.07) is 9.71. The van der Waals surface area contributed by atoms with Gasteiger partial charge in [-0.15, -0.1) is 10.2 Å². The summed E-state index contributed by atoms with van der Waals surface area (Å²) < 4.78 is 0. The van der Waals surface area contributed by atoms with Crippen LogP contribution in [-0.2, 0) is 11.2 Å². The van der Waals surface area contributed by atoms with Gasteiger partial charge < -0.3 is 5.11 Å². The molecule has 0 amide bonds. The Morgan fingerprint density at radius 1 is 1.21 bits per heavy atom. The van der Waals surface area contributed by atoms with E-state index in [2.05, 4.69) is 20.6 Å². The zero-order chi connectivity index (χ0) is 13.7. The Kier molecular flexibility index (Phi) is 4.12. The van der Waals surface area contributed by atoms with Crippen LogP contribution in [0.15, 0.2) is 30.3 Å². The number of nitrogens with zero attached hydrogens (tertiary/aromatic N) is 4. The number of carbonyl (C=O) groups is 1. The Hall–Kier alpha value is -2.37. The van der Waals surface area contributed by atoms with Crippen LogP contribution in [0.5, 0.6) is 0 Å². The van der Waals surface area contributed by atoms with Gasteiger partial charge in [-0.2, -0.15) is 0 Å². The van der Waals surface area contributed by atoms with Gasteiger partial charge in [0.15, 0.2) is 0 Å². The molecule has 19 heavy (non-hydrogen) atoms. The van der Waals surface area contributed by atoms with E-state index in [-0.39, 0.29) is 12.3 Å². The molecule has 0 aliphatic carbocycles. The average molecular weight is 258 g/mol. The van der Waals surface area contributed by atoms with Crippen LogP contribution < -0.4 is 0 Å². The number of aliphatic carboxylic acids is 1. The Labute approximate surface area is 110 Å². The number of carboxylic acids is 1. The van der Waals surface area contributed by atoms with Crippen molar-refractivity contribution in [3.63, 3.8) is 0 Å². The third-order valence-corrected chi connectivity index (χ3v) is 2.89. The fourth-order valence-corrected chi connectivity index (χ4v) is 2.03. The Morgan fingerprint density at radius 3 is 2.53 bits per heavy atom. The lowest BCUT2D eigenvalue weighted by molar-refractivity contribution is -0.137. The monoisotopic (exact) mass is 258 g/mol. The second-order valence-corrected chi connectivity index (χ2v) is 4.33. The lowest BCUT2D eigenvalue weighted by Crippen LogP contribution is -2.14. The molecule has 6 nitrogen and oxygen atoms in total. The minimum atomic E-state index is -0.862. The molecule has 98 valence electrons. The van der Waals surface area contributed by atoms with Gasteiger partial charge in [0.05, 0.1) is 17.8 Å². The topological polar surface area (TPSA) is 88.9 Å². The Balaban J connectivity index is 2.26. The number of hydrogen-bond acceptors (Lipinski definition) is 5. The molecule has 1 aromatic carbocycles. The molecule has 0 saturated heterocycles. The van der Waals surface area contributed by atoms with Crippen LogP contribution in [0.25, 0.3) is 0 Å². The van der Waals surface area contributed by atoms with Crippen molar-refractivity contribution >= 4 is 5.97 Å². The standard InChI is InChI=1S/C13H14N4O2/c1-9-13(15-17-16-14-9)11(8-12(18)19)7-10-5-3-2-4-6-10/h2-6,11H,7-8H2,1H3,(H,18,19). The summed E-state index contributed by atoms with van der Waals surface area (Å²) in [5.74, 6) is -1.11. The maximum atomic E-state index is 11.0. The van der Waals surface area contributed by atoms with Crippen LogP contribution in [0.4, 0.5) is 0 Å². The van der Waals surface area contributed by atoms with Gasteiger partial charge in [0.1, 0.15) is 0 Å². The molecule has 0 radical (unpaired) electrons. The van der Waals surface area contributed by atoms with Crippen LogP contribution in [-0.4, -0.2) is 31.7 Å². The lowest BCUT2D eigenvalue weighted by Gasteiger charge is -2.14. The second-order valence-electron chi connectivity index (χ2n) is 4.33. The van der Waals surface area contributed by atoms with E-state index in [1.165, 1.54) is 0 Å². The van der Waals surface area contributed by atoms with E-state index in [1.807, 2.05) is 30.3 Å². The van der Waals surface area contributed by atoms with E-state index in [0.717, 1.165) is 5.56 Å². The first-order valence-electron chi connectivity index (χ1n) is 5.95. The Bertz CT molecular complexity index is 560. The van der Waals surface area contributed by atoms with Gasteiger partial charge in [-0.3, -0.25) is 4.79 Å². The molecule has 1 unspecified atom stereocenters. The lowest BCUT2D eigenvalue weighted by atomic mass is 9.92. The quantitative estimate of drug-likeness (QED) is 0.871. The minimum absolute atomic E-state index is 0.00386. The van der Waals surface area contributed by atoms with Gasteiger partial charge in [-0.25, -0.2) is 0 Å². The smallest absolute Gasteiger partial charge is 0.304 e. The van der Waals surface area contributed by atoms with Crippen LogP contribution >= 0.6 is 0 Å². The molecule has 0 aliphatic heterocycles. The summed E-state index contributed by atoms with van der Waals surface area (Å²) >= 11 is 0. The van der Waals surface area contributed by atoms with E-state index in [9.17, 15) is 4.79 Å². The fraction of sp³-hybridized carbons (Fsp3) is 0.308. The Morgan fingerprint density at radius 2 is 1.89 bits per heavy atom. The number of aryl methyl sites for hydroxylation is 1. The predicted molar refractivity (Wildman–Crippen MR) is 67.5 cm³/mol. The molecular formula is C13H14N4O2. The van der Waals surface area contributed by atoms with Crippen LogP contribution in [0.3, 0.4) is 0 Å². The van der Waals surface area contributed by atoms with E-state index in [4.69, 9.17) is 5.11 Å². The van der Waals surface area contributed by atoms with E-state index >= 15 is 0 Å². The van der Waals surface area contributed by atoms with Gasteiger partial charge >= 0.3 is 5.97 Å². The molecule has 0 bridgehead atoms. The minimum Gasteiger partial charge on any atom is -0.481 e. The third kappa shape index (κ3) is 3.54. The van der Waals surface area contributed by atoms with E-state index in [1.54, 1.807) is 6.92 Å². The number of rotatable bonds is 5. The van der Waals surface area contributed by atoms with E-state index < -0.39 is 5.97 Å². The predicted octanol–water partition coefficient (Wildman–Crippen LogP) is 1.38. The first-order chi connectivity index (χ1) is 9.16. The number of aromatic nitrogens is 4. The molecule has 0 spiro atoms. The molecule has 1 atom stereocenters. The molecule has 1 N–H and O–H groups in total. The highest BCUT2D eigenvalue weighted by atomic mass is 16.4. The summed E-state index contributed by atoms with van der Waals surface area (Å²) in [6.45, 7) is 1.76. The first kappa shape index (κ1) is 13.1.